The minimum atomic E-state index is -0.584. The molecule has 0 aromatic carbocycles. The Bertz CT molecular complexity index is 180. The van der Waals surface area contributed by atoms with Gasteiger partial charge in [-0.05, 0) is 19.8 Å². The molecule has 1 rings (SSSR count). The molecule has 0 spiro atoms. The van der Waals surface area contributed by atoms with Crippen LogP contribution in [-0.2, 0) is 0 Å². The summed E-state index contributed by atoms with van der Waals surface area (Å²) in [4.78, 5) is 2.38. The van der Waals surface area contributed by atoms with Crippen LogP contribution in [0.5, 0.6) is 0 Å². The predicted molar refractivity (Wildman–Crippen MR) is 59.4 cm³/mol. The van der Waals surface area contributed by atoms with Crippen LogP contribution in [0, 0.1) is 5.92 Å². The fraction of sp³-hybridized carbons (Fsp3) is 1.00. The molecule has 0 amide bonds. The molecule has 14 heavy (non-hydrogen) atoms. The minimum absolute atomic E-state index is 0.520. The van der Waals surface area contributed by atoms with E-state index in [-0.39, 0.29) is 0 Å². The van der Waals surface area contributed by atoms with E-state index < -0.39 is 5.60 Å². The van der Waals surface area contributed by atoms with Gasteiger partial charge in [0.25, 0.3) is 0 Å². The highest BCUT2D eigenvalue weighted by atomic mass is 16.3. The zero-order chi connectivity index (χ0) is 10.8. The van der Waals surface area contributed by atoms with Crippen LogP contribution >= 0.6 is 0 Å². The molecule has 2 atom stereocenters. The highest BCUT2D eigenvalue weighted by Crippen LogP contribution is 2.14. The van der Waals surface area contributed by atoms with Crippen LogP contribution in [0.3, 0.4) is 0 Å². The second-order valence-corrected chi connectivity index (χ2v) is 5.30. The van der Waals surface area contributed by atoms with Crippen LogP contribution in [0.25, 0.3) is 0 Å². The molecular formula is C11H24N2O. The number of rotatable bonds is 2. The molecule has 1 heterocycles. The van der Waals surface area contributed by atoms with Crippen LogP contribution in [0.2, 0.25) is 0 Å². The Labute approximate surface area is 87.5 Å². The third-order valence-electron chi connectivity index (χ3n) is 2.71. The maximum atomic E-state index is 10.1. The van der Waals surface area contributed by atoms with E-state index in [4.69, 9.17) is 0 Å². The number of β-amino-alcohol motifs (C(OH)–C–C–N with tert-alkyl or cyclic N) is 1. The topological polar surface area (TPSA) is 35.5 Å². The zero-order valence-corrected chi connectivity index (χ0v) is 9.88. The lowest BCUT2D eigenvalue weighted by Gasteiger charge is -2.32. The first-order valence-corrected chi connectivity index (χ1v) is 5.58. The van der Waals surface area contributed by atoms with E-state index in [0.717, 1.165) is 19.6 Å². The molecule has 3 heteroatoms. The Morgan fingerprint density at radius 3 is 2.79 bits per heavy atom. The number of nitrogens with zero attached hydrogens (tertiary/aromatic N) is 1. The van der Waals surface area contributed by atoms with Crippen LogP contribution in [0.1, 0.15) is 27.7 Å². The molecule has 0 bridgehead atoms. The molecule has 1 aliphatic heterocycles. The van der Waals surface area contributed by atoms with Crippen molar-refractivity contribution in [2.45, 2.75) is 39.3 Å². The summed E-state index contributed by atoms with van der Waals surface area (Å²) in [5.41, 5.74) is -0.584. The first-order chi connectivity index (χ1) is 6.41. The van der Waals surface area contributed by atoms with E-state index in [2.05, 4.69) is 31.0 Å². The van der Waals surface area contributed by atoms with Gasteiger partial charge in [0.2, 0.25) is 0 Å². The van der Waals surface area contributed by atoms with Crippen LogP contribution in [0.4, 0.5) is 0 Å². The Hall–Kier alpha value is -0.120. The average molecular weight is 200 g/mol. The summed E-state index contributed by atoms with van der Waals surface area (Å²) in [6.07, 6.45) is 0. The molecule has 1 aliphatic rings. The standard InChI is InChI=1S/C11H24N2O/c1-9(2)6-13-8-11(4,14)7-12-5-10(13)3/h9-10,12,14H,5-8H2,1-4H3. The predicted octanol–water partition coefficient (Wildman–Crippen LogP) is 0.687. The average Bonchev–Trinajstić information content (AvgIpc) is 2.10. The molecule has 0 saturated carbocycles. The lowest BCUT2D eigenvalue weighted by Crippen LogP contribution is -2.46. The molecule has 2 N–H and O–H groups in total. The SMILES string of the molecule is CC(C)CN1CC(C)(O)CNCC1C. The number of hydrogen-bond acceptors (Lipinski definition) is 3. The van der Waals surface area contributed by atoms with Crippen LogP contribution in [0.15, 0.2) is 0 Å². The van der Waals surface area contributed by atoms with Gasteiger partial charge in [0, 0.05) is 32.2 Å². The maximum Gasteiger partial charge on any atom is 0.0869 e. The van der Waals surface area contributed by atoms with Crippen LogP contribution in [-0.4, -0.2) is 47.8 Å². The summed E-state index contributed by atoms with van der Waals surface area (Å²) in [5, 5.41) is 13.4. The molecular weight excluding hydrogens is 176 g/mol. The van der Waals surface area contributed by atoms with Gasteiger partial charge in [0.1, 0.15) is 0 Å². The zero-order valence-electron chi connectivity index (χ0n) is 9.88. The minimum Gasteiger partial charge on any atom is -0.388 e. The summed E-state index contributed by atoms with van der Waals surface area (Å²) in [6.45, 7) is 12.1. The lowest BCUT2D eigenvalue weighted by atomic mass is 10.1. The second kappa shape index (κ2) is 4.60. The van der Waals surface area contributed by atoms with Gasteiger partial charge in [-0.25, -0.2) is 0 Å². The first kappa shape index (κ1) is 12.0. The fourth-order valence-electron chi connectivity index (χ4n) is 2.04. The maximum absolute atomic E-state index is 10.1. The van der Waals surface area contributed by atoms with Crippen molar-refractivity contribution in [2.75, 3.05) is 26.2 Å². The molecule has 0 radical (unpaired) electrons. The molecule has 3 nitrogen and oxygen atoms in total. The molecule has 0 aromatic rings. The Kier molecular flexibility index (Phi) is 3.93. The Morgan fingerprint density at radius 1 is 1.57 bits per heavy atom. The smallest absolute Gasteiger partial charge is 0.0869 e. The van der Waals surface area contributed by atoms with Crippen molar-refractivity contribution in [3.63, 3.8) is 0 Å². The number of hydrogen-bond donors (Lipinski definition) is 2. The molecule has 2 unspecified atom stereocenters. The van der Waals surface area contributed by atoms with Gasteiger partial charge in [-0.15, -0.1) is 0 Å². The summed E-state index contributed by atoms with van der Waals surface area (Å²) < 4.78 is 0. The van der Waals surface area contributed by atoms with Gasteiger partial charge >= 0.3 is 0 Å². The summed E-state index contributed by atoms with van der Waals surface area (Å²) in [5.74, 6) is 0.659. The highest BCUT2D eigenvalue weighted by molar-refractivity contribution is 4.87. The van der Waals surface area contributed by atoms with Crippen molar-refractivity contribution in [3.8, 4) is 0 Å². The molecule has 0 aromatic heterocycles. The molecule has 0 aliphatic carbocycles. The monoisotopic (exact) mass is 200 g/mol. The van der Waals surface area contributed by atoms with Gasteiger partial charge in [0.05, 0.1) is 5.60 Å². The Morgan fingerprint density at radius 2 is 2.21 bits per heavy atom. The highest BCUT2D eigenvalue weighted by Gasteiger charge is 2.29. The van der Waals surface area contributed by atoms with E-state index in [1.807, 2.05) is 6.92 Å². The van der Waals surface area contributed by atoms with E-state index in [9.17, 15) is 5.11 Å². The summed E-state index contributed by atoms with van der Waals surface area (Å²) in [7, 11) is 0. The third kappa shape index (κ3) is 3.56. The van der Waals surface area contributed by atoms with Crippen LogP contribution < -0.4 is 5.32 Å². The van der Waals surface area contributed by atoms with Crippen molar-refractivity contribution in [1.29, 1.82) is 0 Å². The molecule has 84 valence electrons. The Balaban J connectivity index is 2.59. The van der Waals surface area contributed by atoms with Gasteiger partial charge in [0.15, 0.2) is 0 Å². The van der Waals surface area contributed by atoms with Gasteiger partial charge in [-0.3, -0.25) is 4.90 Å². The van der Waals surface area contributed by atoms with Crippen molar-refractivity contribution in [1.82, 2.24) is 10.2 Å². The summed E-state index contributed by atoms with van der Waals surface area (Å²) >= 11 is 0. The third-order valence-corrected chi connectivity index (χ3v) is 2.71. The van der Waals surface area contributed by atoms with Gasteiger partial charge in [-0.1, -0.05) is 13.8 Å². The molecule has 1 saturated heterocycles. The lowest BCUT2D eigenvalue weighted by molar-refractivity contribution is 0.0230. The number of nitrogens with one attached hydrogen (secondary N) is 1. The van der Waals surface area contributed by atoms with E-state index in [1.54, 1.807) is 0 Å². The van der Waals surface area contributed by atoms with E-state index in [1.165, 1.54) is 0 Å². The van der Waals surface area contributed by atoms with Crippen molar-refractivity contribution in [3.05, 3.63) is 0 Å². The quantitative estimate of drug-likeness (QED) is 0.688. The van der Waals surface area contributed by atoms with E-state index in [0.29, 0.717) is 18.5 Å². The van der Waals surface area contributed by atoms with Crippen molar-refractivity contribution in [2.24, 2.45) is 5.92 Å². The van der Waals surface area contributed by atoms with Crippen molar-refractivity contribution < 1.29 is 5.11 Å². The normalized spacial score (nSPS) is 36.0. The first-order valence-electron chi connectivity index (χ1n) is 5.58. The van der Waals surface area contributed by atoms with Gasteiger partial charge in [-0.2, -0.15) is 0 Å². The fourth-order valence-corrected chi connectivity index (χ4v) is 2.04. The summed E-state index contributed by atoms with van der Waals surface area (Å²) in [6, 6.07) is 0.520. The largest absolute Gasteiger partial charge is 0.388 e. The van der Waals surface area contributed by atoms with Gasteiger partial charge < -0.3 is 10.4 Å². The van der Waals surface area contributed by atoms with E-state index >= 15 is 0 Å². The molecule has 1 fully saturated rings. The number of aliphatic hydroxyl groups is 1. The van der Waals surface area contributed by atoms with Crippen molar-refractivity contribution >= 4 is 0 Å². The second-order valence-electron chi connectivity index (χ2n) is 5.30.